The Kier molecular flexibility index (Phi) is 3.84. The standard InChI is InChI=1S/C12H11BrF2N2O2/c1-3-19-12(18)9-8(10(14)15)16-11-7(13)4-6(2)5-17(9)11/h4-5,10H,3H2,1-2H3. The van der Waals surface area contributed by atoms with E-state index in [1.54, 1.807) is 26.1 Å². The van der Waals surface area contributed by atoms with Crippen LogP contribution in [0.1, 0.15) is 35.1 Å². The minimum atomic E-state index is -2.84. The number of alkyl halides is 2. The van der Waals surface area contributed by atoms with Crippen molar-refractivity contribution in [2.45, 2.75) is 20.3 Å². The number of fused-ring (bicyclic) bond motifs is 1. The molecule has 2 aromatic rings. The van der Waals surface area contributed by atoms with E-state index in [2.05, 4.69) is 20.9 Å². The predicted octanol–water partition coefficient (Wildman–Crippen LogP) is 3.52. The molecule has 0 unspecified atom stereocenters. The molecule has 0 radical (unpaired) electrons. The highest BCUT2D eigenvalue weighted by Gasteiger charge is 2.27. The summed E-state index contributed by atoms with van der Waals surface area (Å²) in [6.45, 7) is 3.52. The third kappa shape index (κ3) is 2.47. The number of pyridine rings is 1. The molecule has 0 fully saturated rings. The van der Waals surface area contributed by atoms with Gasteiger partial charge in [0.2, 0.25) is 0 Å². The Labute approximate surface area is 116 Å². The highest BCUT2D eigenvalue weighted by atomic mass is 79.9. The zero-order valence-electron chi connectivity index (χ0n) is 10.3. The van der Waals surface area contributed by atoms with E-state index in [4.69, 9.17) is 4.74 Å². The molecule has 0 saturated heterocycles. The lowest BCUT2D eigenvalue weighted by Crippen LogP contribution is -2.11. The lowest BCUT2D eigenvalue weighted by Gasteiger charge is -2.05. The zero-order valence-corrected chi connectivity index (χ0v) is 11.9. The van der Waals surface area contributed by atoms with Crippen LogP contribution in [0.3, 0.4) is 0 Å². The Balaban J connectivity index is 2.76. The van der Waals surface area contributed by atoms with Gasteiger partial charge in [0, 0.05) is 6.20 Å². The number of carbonyl (C=O) groups is 1. The average Bonchev–Trinajstić information content (AvgIpc) is 2.68. The smallest absolute Gasteiger partial charge is 0.357 e. The van der Waals surface area contributed by atoms with Gasteiger partial charge in [-0.2, -0.15) is 0 Å². The number of halogens is 3. The second-order valence-corrected chi connectivity index (χ2v) is 4.78. The topological polar surface area (TPSA) is 43.6 Å². The molecule has 102 valence electrons. The van der Waals surface area contributed by atoms with Crippen LogP contribution in [0.5, 0.6) is 0 Å². The van der Waals surface area contributed by atoms with E-state index >= 15 is 0 Å². The van der Waals surface area contributed by atoms with Gasteiger partial charge in [-0.15, -0.1) is 0 Å². The fraction of sp³-hybridized carbons (Fsp3) is 0.333. The number of nitrogens with zero attached hydrogens (tertiary/aromatic N) is 2. The number of aromatic nitrogens is 2. The van der Waals surface area contributed by atoms with Crippen LogP contribution in [0.15, 0.2) is 16.7 Å². The van der Waals surface area contributed by atoms with Crippen molar-refractivity contribution in [3.63, 3.8) is 0 Å². The van der Waals surface area contributed by atoms with Crippen LogP contribution in [-0.4, -0.2) is 22.0 Å². The maximum Gasteiger partial charge on any atom is 0.357 e. The molecule has 0 bridgehead atoms. The summed E-state index contributed by atoms with van der Waals surface area (Å²) >= 11 is 3.25. The van der Waals surface area contributed by atoms with Crippen molar-refractivity contribution in [3.8, 4) is 0 Å². The fourth-order valence-corrected chi connectivity index (χ4v) is 2.45. The van der Waals surface area contributed by atoms with Crippen molar-refractivity contribution in [1.29, 1.82) is 0 Å². The number of aryl methyl sites for hydroxylation is 1. The van der Waals surface area contributed by atoms with Crippen molar-refractivity contribution < 1.29 is 18.3 Å². The van der Waals surface area contributed by atoms with Gasteiger partial charge < -0.3 is 4.74 Å². The van der Waals surface area contributed by atoms with Crippen LogP contribution >= 0.6 is 15.9 Å². The van der Waals surface area contributed by atoms with Crippen LogP contribution < -0.4 is 0 Å². The summed E-state index contributed by atoms with van der Waals surface area (Å²) in [7, 11) is 0. The van der Waals surface area contributed by atoms with E-state index in [0.717, 1.165) is 5.56 Å². The molecule has 2 heterocycles. The number of imidazole rings is 1. The van der Waals surface area contributed by atoms with Crippen molar-refractivity contribution >= 4 is 27.5 Å². The molecular weight excluding hydrogens is 322 g/mol. The summed E-state index contributed by atoms with van der Waals surface area (Å²) in [5, 5.41) is 0. The summed E-state index contributed by atoms with van der Waals surface area (Å²) < 4.78 is 32.7. The number of esters is 1. The number of hydrogen-bond acceptors (Lipinski definition) is 3. The predicted molar refractivity (Wildman–Crippen MR) is 68.5 cm³/mol. The minimum absolute atomic E-state index is 0.113. The van der Waals surface area contributed by atoms with Crippen LogP contribution in [0.2, 0.25) is 0 Å². The molecule has 0 amide bonds. The van der Waals surface area contributed by atoms with Gasteiger partial charge in [0.05, 0.1) is 11.1 Å². The molecule has 4 nitrogen and oxygen atoms in total. The maximum atomic E-state index is 13.0. The van der Waals surface area contributed by atoms with Gasteiger partial charge in [0.1, 0.15) is 5.69 Å². The molecule has 0 atom stereocenters. The summed E-state index contributed by atoms with van der Waals surface area (Å²) in [5.74, 6) is -0.803. The first-order chi connectivity index (χ1) is 8.95. The number of hydrogen-bond donors (Lipinski definition) is 0. The van der Waals surface area contributed by atoms with Gasteiger partial charge in [-0.1, -0.05) is 0 Å². The van der Waals surface area contributed by atoms with E-state index in [1.807, 2.05) is 0 Å². The van der Waals surface area contributed by atoms with Crippen LogP contribution in [0, 0.1) is 6.92 Å². The summed E-state index contributed by atoms with van der Waals surface area (Å²) in [5.41, 5.74) is 0.285. The number of ether oxygens (including phenoxy) is 1. The molecule has 0 saturated carbocycles. The lowest BCUT2D eigenvalue weighted by molar-refractivity contribution is 0.0506. The maximum absolute atomic E-state index is 13.0. The van der Waals surface area contributed by atoms with Crippen LogP contribution in [0.25, 0.3) is 5.65 Å². The molecule has 0 N–H and O–H groups in total. The van der Waals surface area contributed by atoms with E-state index < -0.39 is 18.1 Å². The Morgan fingerprint density at radius 3 is 2.84 bits per heavy atom. The van der Waals surface area contributed by atoms with Gasteiger partial charge in [0.15, 0.2) is 11.3 Å². The summed E-state index contributed by atoms with van der Waals surface area (Å²) in [4.78, 5) is 15.7. The highest BCUT2D eigenvalue weighted by molar-refractivity contribution is 9.10. The third-order valence-corrected chi connectivity index (χ3v) is 3.10. The SMILES string of the molecule is CCOC(=O)c1c(C(F)F)nc2c(Br)cc(C)cn12. The van der Waals surface area contributed by atoms with E-state index in [1.165, 1.54) is 4.40 Å². The molecule has 0 aliphatic heterocycles. The normalized spacial score (nSPS) is 11.3. The van der Waals surface area contributed by atoms with Crippen molar-refractivity contribution in [3.05, 3.63) is 33.7 Å². The molecule has 2 rings (SSSR count). The Bertz CT molecular complexity index is 640. The average molecular weight is 333 g/mol. The summed E-state index contributed by atoms with van der Waals surface area (Å²) in [6.07, 6.45) is -1.27. The molecule has 0 aliphatic carbocycles. The molecule has 0 aromatic carbocycles. The minimum Gasteiger partial charge on any atom is -0.461 e. The van der Waals surface area contributed by atoms with Gasteiger partial charge in [-0.3, -0.25) is 4.40 Å². The quantitative estimate of drug-likeness (QED) is 0.808. The molecule has 19 heavy (non-hydrogen) atoms. The van der Waals surface area contributed by atoms with Crippen molar-refractivity contribution in [1.82, 2.24) is 9.38 Å². The van der Waals surface area contributed by atoms with Crippen molar-refractivity contribution in [2.24, 2.45) is 0 Å². The van der Waals surface area contributed by atoms with E-state index in [0.29, 0.717) is 4.47 Å². The second kappa shape index (κ2) is 5.24. The fourth-order valence-electron chi connectivity index (χ4n) is 1.80. The lowest BCUT2D eigenvalue weighted by atomic mass is 10.3. The molecule has 0 spiro atoms. The summed E-state index contributed by atoms with van der Waals surface area (Å²) in [6, 6.07) is 1.74. The Hall–Kier alpha value is -1.50. The van der Waals surface area contributed by atoms with E-state index in [-0.39, 0.29) is 17.9 Å². The van der Waals surface area contributed by atoms with Gasteiger partial charge in [-0.05, 0) is 41.4 Å². The highest BCUT2D eigenvalue weighted by Crippen LogP contribution is 2.28. The Morgan fingerprint density at radius 2 is 2.26 bits per heavy atom. The van der Waals surface area contributed by atoms with Gasteiger partial charge in [-0.25, -0.2) is 18.6 Å². The zero-order chi connectivity index (χ0) is 14.2. The molecule has 7 heteroatoms. The molecule has 0 aliphatic rings. The van der Waals surface area contributed by atoms with Crippen LogP contribution in [0.4, 0.5) is 8.78 Å². The van der Waals surface area contributed by atoms with Gasteiger partial charge >= 0.3 is 5.97 Å². The first-order valence-electron chi connectivity index (χ1n) is 5.59. The molecule has 2 aromatic heterocycles. The Morgan fingerprint density at radius 1 is 1.58 bits per heavy atom. The molecular formula is C12H11BrF2N2O2. The van der Waals surface area contributed by atoms with E-state index in [9.17, 15) is 13.6 Å². The largest absolute Gasteiger partial charge is 0.461 e. The van der Waals surface area contributed by atoms with Crippen molar-refractivity contribution in [2.75, 3.05) is 6.61 Å². The second-order valence-electron chi connectivity index (χ2n) is 3.93. The first kappa shape index (κ1) is 13.9. The third-order valence-electron chi connectivity index (χ3n) is 2.51. The number of carbonyl (C=O) groups excluding carboxylic acids is 1. The first-order valence-corrected chi connectivity index (χ1v) is 6.38. The van der Waals surface area contributed by atoms with Gasteiger partial charge in [0.25, 0.3) is 6.43 Å². The monoisotopic (exact) mass is 332 g/mol. The van der Waals surface area contributed by atoms with Crippen LogP contribution in [-0.2, 0) is 4.74 Å². The number of rotatable bonds is 3.